The van der Waals surface area contributed by atoms with Gasteiger partial charge in [-0.3, -0.25) is 14.9 Å². The van der Waals surface area contributed by atoms with Crippen molar-refractivity contribution in [2.45, 2.75) is 38.3 Å². The van der Waals surface area contributed by atoms with Crippen molar-refractivity contribution in [3.63, 3.8) is 0 Å². The van der Waals surface area contributed by atoms with E-state index in [0.29, 0.717) is 12.6 Å². The molecule has 14 heavy (non-hydrogen) atoms. The molecule has 0 N–H and O–H groups in total. The van der Waals surface area contributed by atoms with Crippen LogP contribution in [0.1, 0.15) is 26.2 Å². The summed E-state index contributed by atoms with van der Waals surface area (Å²) < 4.78 is 0. The molecule has 0 aromatic heterocycles. The summed E-state index contributed by atoms with van der Waals surface area (Å²) in [6.45, 7) is 2.49. The minimum atomic E-state index is -0.996. The van der Waals surface area contributed by atoms with Crippen LogP contribution < -0.4 is 0 Å². The number of rotatable bonds is 2. The van der Waals surface area contributed by atoms with Crippen LogP contribution in [0.4, 0.5) is 0 Å². The molecule has 1 saturated heterocycles. The second kappa shape index (κ2) is 3.22. The predicted molar refractivity (Wildman–Crippen MR) is 49.3 cm³/mol. The summed E-state index contributed by atoms with van der Waals surface area (Å²) in [5, 5.41) is 10.7. The van der Waals surface area contributed by atoms with Gasteiger partial charge in [0.05, 0.1) is 0 Å². The number of carbonyl (C=O) groups excluding carboxylic acids is 1. The van der Waals surface area contributed by atoms with E-state index in [1.807, 2.05) is 0 Å². The van der Waals surface area contributed by atoms with E-state index in [2.05, 4.69) is 0 Å². The second-order valence-corrected chi connectivity index (χ2v) is 4.26. The third kappa shape index (κ3) is 1.47. The fraction of sp³-hybridized carbons (Fsp3) is 0.889. The van der Waals surface area contributed by atoms with E-state index in [1.165, 1.54) is 0 Å². The van der Waals surface area contributed by atoms with Crippen LogP contribution in [0.2, 0.25) is 0 Å². The van der Waals surface area contributed by atoms with Crippen LogP contribution in [0.15, 0.2) is 0 Å². The number of likely N-dealkylation sites (tertiary alicyclic amines) is 1. The lowest BCUT2D eigenvalue weighted by Crippen LogP contribution is -2.52. The standard InChI is InChI=1S/C9H14N2O3/c1-6-4-5-10(7-2-3-7)9(12)8(6)11(13)14/h6-8H,2-5H2,1H3/t6-,8+/m1/s1. The molecular formula is C9H14N2O3. The smallest absolute Gasteiger partial charge is 0.297 e. The van der Waals surface area contributed by atoms with Crippen molar-refractivity contribution in [2.75, 3.05) is 6.54 Å². The maximum Gasteiger partial charge on any atom is 0.297 e. The minimum absolute atomic E-state index is 0.118. The van der Waals surface area contributed by atoms with Gasteiger partial charge in [0.1, 0.15) is 0 Å². The summed E-state index contributed by atoms with van der Waals surface area (Å²) in [5.41, 5.74) is 0. The highest BCUT2D eigenvalue weighted by Crippen LogP contribution is 2.32. The molecular weight excluding hydrogens is 184 g/mol. The van der Waals surface area contributed by atoms with E-state index in [1.54, 1.807) is 11.8 Å². The molecule has 78 valence electrons. The van der Waals surface area contributed by atoms with E-state index in [9.17, 15) is 14.9 Å². The van der Waals surface area contributed by atoms with Crippen LogP contribution in [-0.2, 0) is 4.79 Å². The zero-order chi connectivity index (χ0) is 10.3. The van der Waals surface area contributed by atoms with Crippen molar-refractivity contribution < 1.29 is 9.72 Å². The fourth-order valence-electron chi connectivity index (χ4n) is 2.07. The summed E-state index contributed by atoms with van der Waals surface area (Å²) >= 11 is 0. The highest BCUT2D eigenvalue weighted by molar-refractivity contribution is 5.82. The van der Waals surface area contributed by atoms with Gasteiger partial charge in [0.2, 0.25) is 0 Å². The molecule has 0 spiro atoms. The van der Waals surface area contributed by atoms with E-state index in [-0.39, 0.29) is 11.8 Å². The molecule has 1 saturated carbocycles. The molecule has 0 aromatic carbocycles. The quantitative estimate of drug-likeness (QED) is 0.483. The summed E-state index contributed by atoms with van der Waals surface area (Å²) in [5.74, 6) is -0.385. The summed E-state index contributed by atoms with van der Waals surface area (Å²) in [6.07, 6.45) is 2.79. The van der Waals surface area contributed by atoms with Crippen LogP contribution in [-0.4, -0.2) is 34.4 Å². The van der Waals surface area contributed by atoms with Gasteiger partial charge < -0.3 is 4.90 Å². The van der Waals surface area contributed by atoms with Crippen LogP contribution in [0.25, 0.3) is 0 Å². The maximum atomic E-state index is 11.7. The molecule has 2 aliphatic rings. The number of piperidine rings is 1. The maximum absolute atomic E-state index is 11.7. The highest BCUT2D eigenvalue weighted by Gasteiger charge is 2.47. The van der Waals surface area contributed by atoms with Gasteiger partial charge in [-0.2, -0.15) is 0 Å². The molecule has 5 nitrogen and oxygen atoms in total. The molecule has 0 radical (unpaired) electrons. The van der Waals surface area contributed by atoms with E-state index in [0.717, 1.165) is 19.3 Å². The van der Waals surface area contributed by atoms with Crippen LogP contribution in [0.3, 0.4) is 0 Å². The Hall–Kier alpha value is -1.13. The van der Waals surface area contributed by atoms with Gasteiger partial charge >= 0.3 is 0 Å². The highest BCUT2D eigenvalue weighted by atomic mass is 16.6. The Labute approximate surface area is 82.2 Å². The average molecular weight is 198 g/mol. The van der Waals surface area contributed by atoms with Gasteiger partial charge in [-0.1, -0.05) is 6.92 Å². The van der Waals surface area contributed by atoms with E-state index < -0.39 is 11.0 Å². The summed E-state index contributed by atoms with van der Waals surface area (Å²) in [6, 6.07) is -0.693. The zero-order valence-electron chi connectivity index (χ0n) is 8.18. The molecule has 0 unspecified atom stereocenters. The number of nitro groups is 1. The van der Waals surface area contributed by atoms with Crippen LogP contribution in [0, 0.1) is 16.0 Å². The first-order chi connectivity index (χ1) is 6.61. The van der Waals surface area contributed by atoms with Crippen molar-refractivity contribution in [3.05, 3.63) is 10.1 Å². The zero-order valence-corrected chi connectivity index (χ0v) is 8.18. The Morgan fingerprint density at radius 2 is 2.07 bits per heavy atom. The number of amides is 1. The first-order valence-corrected chi connectivity index (χ1v) is 5.05. The normalized spacial score (nSPS) is 33.2. The van der Waals surface area contributed by atoms with Gasteiger partial charge in [0, 0.05) is 23.4 Å². The molecule has 2 rings (SSSR count). The Kier molecular flexibility index (Phi) is 2.17. The first-order valence-electron chi connectivity index (χ1n) is 5.05. The van der Waals surface area contributed by atoms with Gasteiger partial charge in [0.25, 0.3) is 11.9 Å². The second-order valence-electron chi connectivity index (χ2n) is 4.26. The molecule has 2 atom stereocenters. The van der Waals surface area contributed by atoms with Crippen molar-refractivity contribution in [1.82, 2.24) is 4.90 Å². The predicted octanol–water partition coefficient (Wildman–Crippen LogP) is 0.663. The Morgan fingerprint density at radius 3 is 2.57 bits per heavy atom. The third-order valence-electron chi connectivity index (χ3n) is 3.12. The first kappa shape index (κ1) is 9.43. The van der Waals surface area contributed by atoms with Gasteiger partial charge in [-0.05, 0) is 19.3 Å². The van der Waals surface area contributed by atoms with Crippen molar-refractivity contribution in [1.29, 1.82) is 0 Å². The molecule has 0 bridgehead atoms. The van der Waals surface area contributed by atoms with Gasteiger partial charge in [-0.25, -0.2) is 0 Å². The van der Waals surface area contributed by atoms with Crippen molar-refractivity contribution in [2.24, 2.45) is 5.92 Å². The molecule has 2 fully saturated rings. The molecule has 1 heterocycles. The Morgan fingerprint density at radius 1 is 1.43 bits per heavy atom. The number of hydrogen-bond acceptors (Lipinski definition) is 3. The van der Waals surface area contributed by atoms with Gasteiger partial charge in [0.15, 0.2) is 0 Å². The number of hydrogen-bond donors (Lipinski definition) is 0. The van der Waals surface area contributed by atoms with Crippen LogP contribution >= 0.6 is 0 Å². The fourth-order valence-corrected chi connectivity index (χ4v) is 2.07. The molecule has 5 heteroatoms. The molecule has 1 aliphatic heterocycles. The summed E-state index contributed by atoms with van der Waals surface area (Å²) in [7, 11) is 0. The largest absolute Gasteiger partial charge is 0.334 e. The SMILES string of the molecule is C[C@@H]1CCN(C2CC2)C(=O)[C@H]1[N+](=O)[O-]. The Bertz CT molecular complexity index is 275. The lowest BCUT2D eigenvalue weighted by atomic mass is 9.93. The lowest BCUT2D eigenvalue weighted by Gasteiger charge is -2.31. The van der Waals surface area contributed by atoms with Crippen molar-refractivity contribution in [3.8, 4) is 0 Å². The lowest BCUT2D eigenvalue weighted by molar-refractivity contribution is -0.519. The number of carbonyl (C=O) groups is 1. The van der Waals surface area contributed by atoms with Crippen LogP contribution in [0.5, 0.6) is 0 Å². The topological polar surface area (TPSA) is 63.5 Å². The average Bonchev–Trinajstić information content (AvgIpc) is 2.86. The molecule has 1 amide bonds. The number of nitrogens with zero attached hydrogens (tertiary/aromatic N) is 2. The van der Waals surface area contributed by atoms with E-state index >= 15 is 0 Å². The van der Waals surface area contributed by atoms with Crippen molar-refractivity contribution >= 4 is 5.91 Å². The third-order valence-corrected chi connectivity index (χ3v) is 3.12. The monoisotopic (exact) mass is 198 g/mol. The van der Waals surface area contributed by atoms with E-state index in [4.69, 9.17) is 0 Å². The minimum Gasteiger partial charge on any atom is -0.334 e. The molecule has 1 aliphatic carbocycles. The summed E-state index contributed by atoms with van der Waals surface area (Å²) in [4.78, 5) is 23.7. The Balaban J connectivity index is 2.12. The molecule has 0 aromatic rings. The van der Waals surface area contributed by atoms with Gasteiger partial charge in [-0.15, -0.1) is 0 Å².